The van der Waals surface area contributed by atoms with Crippen molar-refractivity contribution in [2.75, 3.05) is 0 Å². The predicted molar refractivity (Wildman–Crippen MR) is 42.0 cm³/mol. The van der Waals surface area contributed by atoms with Crippen molar-refractivity contribution in [3.63, 3.8) is 0 Å². The fourth-order valence-electron chi connectivity index (χ4n) is 1.02. The first-order valence-electron chi connectivity index (χ1n) is 3.50. The molecule has 0 radical (unpaired) electrons. The molecule has 0 saturated carbocycles. The van der Waals surface area contributed by atoms with Crippen LogP contribution >= 0.6 is 0 Å². The Labute approximate surface area is 68.7 Å². The van der Waals surface area contributed by atoms with Gasteiger partial charge >= 0.3 is 0 Å². The summed E-state index contributed by atoms with van der Waals surface area (Å²) in [5.74, 6) is 4.92. The molecule has 62 valence electrons. The molecule has 0 spiro atoms. The number of aromatic nitrogens is 3. The average molecular weight is 164 g/mol. The van der Waals surface area contributed by atoms with Crippen LogP contribution in [0.5, 0.6) is 0 Å². The lowest BCUT2D eigenvalue weighted by Gasteiger charge is -1.98. The van der Waals surface area contributed by atoms with Crippen molar-refractivity contribution in [2.45, 2.75) is 6.61 Å². The van der Waals surface area contributed by atoms with Gasteiger partial charge in [-0.25, -0.2) is 15.4 Å². The first kappa shape index (κ1) is 7.20. The minimum atomic E-state index is 0.350. The Morgan fingerprint density at radius 1 is 1.58 bits per heavy atom. The van der Waals surface area contributed by atoms with Gasteiger partial charge in [-0.3, -0.25) is 4.84 Å². The zero-order valence-corrected chi connectivity index (χ0v) is 6.34. The largest absolute Gasteiger partial charge is 0.300 e. The van der Waals surface area contributed by atoms with Crippen LogP contribution in [-0.2, 0) is 11.4 Å². The van der Waals surface area contributed by atoms with E-state index in [0.717, 1.165) is 11.2 Å². The number of rotatable bonds is 2. The van der Waals surface area contributed by atoms with Gasteiger partial charge in [0.1, 0.15) is 0 Å². The highest BCUT2D eigenvalue weighted by atomic mass is 16.6. The summed E-state index contributed by atoms with van der Waals surface area (Å²) in [7, 11) is 0. The second kappa shape index (κ2) is 2.88. The lowest BCUT2D eigenvalue weighted by atomic mass is 10.4. The van der Waals surface area contributed by atoms with Crippen LogP contribution in [0.1, 0.15) is 5.56 Å². The smallest absolute Gasteiger partial charge is 0.154 e. The minimum absolute atomic E-state index is 0.350. The molecule has 12 heavy (non-hydrogen) atoms. The fourth-order valence-corrected chi connectivity index (χ4v) is 1.02. The predicted octanol–water partition coefficient (Wildman–Crippen LogP) is 0.120. The molecule has 0 aliphatic rings. The number of nitrogens with two attached hydrogens (primary N) is 1. The van der Waals surface area contributed by atoms with E-state index in [-0.39, 0.29) is 0 Å². The van der Waals surface area contributed by atoms with Gasteiger partial charge in [-0.05, 0) is 0 Å². The van der Waals surface area contributed by atoms with Crippen molar-refractivity contribution in [3.05, 3.63) is 30.2 Å². The van der Waals surface area contributed by atoms with Crippen molar-refractivity contribution < 1.29 is 4.84 Å². The molecule has 0 amide bonds. The zero-order valence-electron chi connectivity index (χ0n) is 6.34. The zero-order chi connectivity index (χ0) is 8.39. The Balaban J connectivity index is 2.46. The molecule has 2 heterocycles. The first-order chi connectivity index (χ1) is 5.90. The van der Waals surface area contributed by atoms with Crippen molar-refractivity contribution in [1.29, 1.82) is 0 Å². The summed E-state index contributed by atoms with van der Waals surface area (Å²) in [6, 6.07) is 1.83. The van der Waals surface area contributed by atoms with Crippen LogP contribution in [0, 0.1) is 0 Å². The second-order valence-electron chi connectivity index (χ2n) is 2.41. The third kappa shape index (κ3) is 1.15. The van der Waals surface area contributed by atoms with Crippen LogP contribution in [0.2, 0.25) is 0 Å². The summed E-state index contributed by atoms with van der Waals surface area (Å²) in [4.78, 5) is 8.60. The molecule has 0 fully saturated rings. The Kier molecular flexibility index (Phi) is 1.73. The molecule has 0 aliphatic carbocycles. The highest BCUT2D eigenvalue weighted by Gasteiger charge is 1.96. The van der Waals surface area contributed by atoms with Gasteiger partial charge < -0.3 is 0 Å². The molecule has 0 unspecified atom stereocenters. The van der Waals surface area contributed by atoms with Crippen molar-refractivity contribution in [2.24, 2.45) is 5.90 Å². The molecular weight excluding hydrogens is 156 g/mol. The lowest BCUT2D eigenvalue weighted by Crippen LogP contribution is -2.01. The van der Waals surface area contributed by atoms with E-state index < -0.39 is 0 Å². The topological polar surface area (TPSA) is 65.4 Å². The first-order valence-corrected chi connectivity index (χ1v) is 3.50. The van der Waals surface area contributed by atoms with E-state index in [0.29, 0.717) is 6.61 Å². The highest BCUT2D eigenvalue weighted by Crippen LogP contribution is 2.01. The maximum absolute atomic E-state index is 4.92. The average Bonchev–Trinajstić information content (AvgIpc) is 2.51. The minimum Gasteiger partial charge on any atom is -0.300 e. The highest BCUT2D eigenvalue weighted by molar-refractivity contribution is 5.35. The number of hydrogen-bond acceptors (Lipinski definition) is 4. The number of fused-ring (bicyclic) bond motifs is 1. The van der Waals surface area contributed by atoms with Crippen molar-refractivity contribution >= 4 is 5.65 Å². The third-order valence-corrected chi connectivity index (χ3v) is 1.55. The standard InChI is InChI=1S/C7H8N4O/c8-12-5-6-3-9-7-1-2-10-11(7)4-6/h1-4H,5,8H2. The molecule has 0 bridgehead atoms. The van der Waals surface area contributed by atoms with E-state index in [1.54, 1.807) is 16.9 Å². The van der Waals surface area contributed by atoms with E-state index in [9.17, 15) is 0 Å². The van der Waals surface area contributed by atoms with E-state index in [1.807, 2.05) is 12.3 Å². The van der Waals surface area contributed by atoms with Gasteiger partial charge in [0, 0.05) is 24.0 Å². The molecule has 0 atom stereocenters. The molecule has 2 N–H and O–H groups in total. The normalized spacial score (nSPS) is 10.8. The van der Waals surface area contributed by atoms with E-state index >= 15 is 0 Å². The molecule has 2 aromatic rings. The quantitative estimate of drug-likeness (QED) is 0.640. The Morgan fingerprint density at radius 3 is 3.33 bits per heavy atom. The number of hydrogen-bond donors (Lipinski definition) is 1. The third-order valence-electron chi connectivity index (χ3n) is 1.55. The van der Waals surface area contributed by atoms with Gasteiger partial charge in [0.15, 0.2) is 5.65 Å². The monoisotopic (exact) mass is 164 g/mol. The van der Waals surface area contributed by atoms with Crippen LogP contribution in [0.15, 0.2) is 24.7 Å². The fraction of sp³-hybridized carbons (Fsp3) is 0.143. The molecular formula is C7H8N4O. The molecule has 5 heteroatoms. The van der Waals surface area contributed by atoms with Gasteiger partial charge in [0.25, 0.3) is 0 Å². The van der Waals surface area contributed by atoms with Gasteiger partial charge in [0.05, 0.1) is 12.8 Å². The number of nitrogens with zero attached hydrogens (tertiary/aromatic N) is 3. The molecule has 2 aromatic heterocycles. The van der Waals surface area contributed by atoms with E-state index in [4.69, 9.17) is 5.90 Å². The summed E-state index contributed by atoms with van der Waals surface area (Å²) < 4.78 is 1.67. The Morgan fingerprint density at radius 2 is 2.50 bits per heavy atom. The second-order valence-corrected chi connectivity index (χ2v) is 2.41. The Hall–Kier alpha value is -1.46. The molecule has 5 nitrogen and oxygen atoms in total. The van der Waals surface area contributed by atoms with E-state index in [2.05, 4.69) is 14.9 Å². The summed E-state index contributed by atoms with van der Waals surface area (Å²) in [5.41, 5.74) is 1.71. The summed E-state index contributed by atoms with van der Waals surface area (Å²) >= 11 is 0. The van der Waals surface area contributed by atoms with Crippen LogP contribution in [0.25, 0.3) is 5.65 Å². The van der Waals surface area contributed by atoms with Crippen LogP contribution in [0.4, 0.5) is 0 Å². The van der Waals surface area contributed by atoms with Crippen LogP contribution in [-0.4, -0.2) is 14.6 Å². The van der Waals surface area contributed by atoms with Gasteiger partial charge in [0.2, 0.25) is 0 Å². The maximum Gasteiger partial charge on any atom is 0.154 e. The SMILES string of the molecule is NOCc1cnc2ccnn2c1. The van der Waals surface area contributed by atoms with Gasteiger partial charge in [-0.15, -0.1) is 0 Å². The lowest BCUT2D eigenvalue weighted by molar-refractivity contribution is 0.123. The van der Waals surface area contributed by atoms with Crippen LogP contribution < -0.4 is 5.90 Å². The van der Waals surface area contributed by atoms with E-state index in [1.165, 1.54) is 0 Å². The molecule has 0 aliphatic heterocycles. The van der Waals surface area contributed by atoms with Crippen molar-refractivity contribution in [1.82, 2.24) is 14.6 Å². The summed E-state index contributed by atoms with van der Waals surface area (Å²) in [5, 5.41) is 4.02. The van der Waals surface area contributed by atoms with Gasteiger partial charge in [-0.1, -0.05) is 0 Å². The molecule has 0 aromatic carbocycles. The summed E-state index contributed by atoms with van der Waals surface area (Å²) in [6.45, 7) is 0.350. The molecule has 0 saturated heterocycles. The molecule has 2 rings (SSSR count). The Bertz CT molecular complexity index is 384. The van der Waals surface area contributed by atoms with Gasteiger partial charge in [-0.2, -0.15) is 5.10 Å². The summed E-state index contributed by atoms with van der Waals surface area (Å²) in [6.07, 6.45) is 5.23. The van der Waals surface area contributed by atoms with Crippen LogP contribution in [0.3, 0.4) is 0 Å². The van der Waals surface area contributed by atoms with Crippen molar-refractivity contribution in [3.8, 4) is 0 Å². The maximum atomic E-state index is 4.92.